The molecule has 0 spiro atoms. The fourth-order valence-corrected chi connectivity index (χ4v) is 2.25. The average Bonchev–Trinajstić information content (AvgIpc) is 2.62. The van der Waals surface area contributed by atoms with Crippen LogP contribution in [-0.4, -0.2) is 23.0 Å². The van der Waals surface area contributed by atoms with Gasteiger partial charge in [-0.1, -0.05) is 5.16 Å². The van der Waals surface area contributed by atoms with Gasteiger partial charge in [0, 0.05) is 18.9 Å². The Morgan fingerprint density at radius 2 is 2.00 bits per heavy atom. The van der Waals surface area contributed by atoms with E-state index in [1.165, 1.54) is 0 Å². The Morgan fingerprint density at radius 3 is 2.50 bits per heavy atom. The highest BCUT2D eigenvalue weighted by atomic mass is 19.3. The van der Waals surface area contributed by atoms with Crippen molar-refractivity contribution in [2.75, 3.05) is 0 Å². The monoisotopic (exact) mass is 258 g/mol. The van der Waals surface area contributed by atoms with Crippen LogP contribution in [-0.2, 0) is 0 Å². The van der Waals surface area contributed by atoms with Gasteiger partial charge in [-0.3, -0.25) is 4.79 Å². The van der Waals surface area contributed by atoms with Crippen molar-refractivity contribution in [1.29, 1.82) is 0 Å². The Balaban J connectivity index is 1.97. The lowest BCUT2D eigenvalue weighted by Crippen LogP contribution is -2.40. The summed E-state index contributed by atoms with van der Waals surface area (Å²) in [5.41, 5.74) is 0.929. The number of halogens is 2. The predicted octanol–water partition coefficient (Wildman–Crippen LogP) is 2.60. The molecular formula is C12H16F2N2O2. The van der Waals surface area contributed by atoms with Crippen LogP contribution < -0.4 is 5.32 Å². The third-order valence-electron chi connectivity index (χ3n) is 3.31. The van der Waals surface area contributed by atoms with Crippen molar-refractivity contribution in [2.45, 2.75) is 51.5 Å². The van der Waals surface area contributed by atoms with Gasteiger partial charge in [0.15, 0.2) is 0 Å². The lowest BCUT2D eigenvalue weighted by atomic mass is 9.92. The van der Waals surface area contributed by atoms with Gasteiger partial charge < -0.3 is 9.84 Å². The van der Waals surface area contributed by atoms with Crippen LogP contribution in [0.5, 0.6) is 0 Å². The van der Waals surface area contributed by atoms with Gasteiger partial charge in [-0.05, 0) is 26.7 Å². The first-order valence-electron chi connectivity index (χ1n) is 6.00. The van der Waals surface area contributed by atoms with Crippen molar-refractivity contribution in [3.63, 3.8) is 0 Å². The standard InChI is InChI=1S/C12H16F2N2O2/c1-7-10(8(2)18-16-7)11(17)15-9-3-5-12(13,14)6-4-9/h9H,3-6H2,1-2H3,(H,15,17). The van der Waals surface area contributed by atoms with Gasteiger partial charge in [0.1, 0.15) is 11.3 Å². The molecule has 1 aromatic rings. The second-order valence-corrected chi connectivity index (χ2v) is 4.80. The van der Waals surface area contributed by atoms with Crippen molar-refractivity contribution >= 4 is 5.91 Å². The Hall–Kier alpha value is -1.46. The van der Waals surface area contributed by atoms with Gasteiger partial charge in [-0.2, -0.15) is 0 Å². The minimum atomic E-state index is -2.58. The van der Waals surface area contributed by atoms with E-state index in [-0.39, 0.29) is 24.8 Å². The molecule has 0 aromatic carbocycles. The zero-order chi connectivity index (χ0) is 13.3. The van der Waals surface area contributed by atoms with Crippen LogP contribution in [0.4, 0.5) is 8.78 Å². The van der Waals surface area contributed by atoms with Gasteiger partial charge in [-0.15, -0.1) is 0 Å². The molecule has 1 aromatic heterocycles. The molecule has 0 radical (unpaired) electrons. The number of aryl methyl sites for hydroxylation is 2. The second kappa shape index (κ2) is 4.66. The Kier molecular flexibility index (Phi) is 3.36. The maximum atomic E-state index is 13.0. The van der Waals surface area contributed by atoms with Gasteiger partial charge in [0.25, 0.3) is 5.91 Å². The number of carbonyl (C=O) groups excluding carboxylic acids is 1. The number of aromatic nitrogens is 1. The zero-order valence-electron chi connectivity index (χ0n) is 10.4. The quantitative estimate of drug-likeness (QED) is 0.887. The maximum absolute atomic E-state index is 13.0. The van der Waals surface area contributed by atoms with Gasteiger partial charge in [-0.25, -0.2) is 8.78 Å². The lowest BCUT2D eigenvalue weighted by Gasteiger charge is -2.28. The summed E-state index contributed by atoms with van der Waals surface area (Å²) in [5, 5.41) is 6.47. The minimum absolute atomic E-state index is 0.167. The highest BCUT2D eigenvalue weighted by Crippen LogP contribution is 2.33. The summed E-state index contributed by atoms with van der Waals surface area (Å²) in [7, 11) is 0. The fourth-order valence-electron chi connectivity index (χ4n) is 2.25. The number of nitrogens with zero attached hydrogens (tertiary/aromatic N) is 1. The van der Waals surface area contributed by atoms with E-state index in [0.717, 1.165) is 0 Å². The van der Waals surface area contributed by atoms with Gasteiger partial charge in [0.2, 0.25) is 5.92 Å². The number of hydrogen-bond acceptors (Lipinski definition) is 3. The van der Waals surface area contributed by atoms with E-state index in [4.69, 9.17) is 4.52 Å². The van der Waals surface area contributed by atoms with Crippen LogP contribution in [0.1, 0.15) is 47.5 Å². The number of nitrogens with one attached hydrogen (secondary N) is 1. The molecule has 0 saturated heterocycles. The first-order valence-corrected chi connectivity index (χ1v) is 6.00. The molecule has 1 aliphatic carbocycles. The predicted molar refractivity (Wildman–Crippen MR) is 60.6 cm³/mol. The van der Waals surface area contributed by atoms with Crippen LogP contribution in [0, 0.1) is 13.8 Å². The third-order valence-corrected chi connectivity index (χ3v) is 3.31. The topological polar surface area (TPSA) is 55.1 Å². The molecule has 100 valence electrons. The first-order chi connectivity index (χ1) is 8.39. The number of hydrogen-bond donors (Lipinski definition) is 1. The molecule has 0 atom stereocenters. The number of rotatable bonds is 2. The largest absolute Gasteiger partial charge is 0.361 e. The molecule has 1 fully saturated rings. The Labute approximate surface area is 104 Å². The molecule has 6 heteroatoms. The van der Waals surface area contributed by atoms with E-state index in [0.29, 0.717) is 29.9 Å². The highest BCUT2D eigenvalue weighted by Gasteiger charge is 2.35. The van der Waals surface area contributed by atoms with E-state index in [2.05, 4.69) is 10.5 Å². The van der Waals surface area contributed by atoms with Gasteiger partial charge in [0.05, 0.1) is 5.69 Å². The van der Waals surface area contributed by atoms with Crippen molar-refractivity contribution < 1.29 is 18.1 Å². The van der Waals surface area contributed by atoms with E-state index >= 15 is 0 Å². The van der Waals surface area contributed by atoms with Gasteiger partial charge >= 0.3 is 0 Å². The molecule has 4 nitrogen and oxygen atoms in total. The Morgan fingerprint density at radius 1 is 1.39 bits per heavy atom. The summed E-state index contributed by atoms with van der Waals surface area (Å²) < 4.78 is 30.9. The molecule has 0 bridgehead atoms. The molecule has 0 unspecified atom stereocenters. The number of amides is 1. The Bertz CT molecular complexity index is 427. The summed E-state index contributed by atoms with van der Waals surface area (Å²) in [6.07, 6.45) is 0.281. The molecular weight excluding hydrogens is 242 g/mol. The molecule has 1 heterocycles. The van der Waals surface area contributed by atoms with Crippen molar-refractivity contribution in [3.8, 4) is 0 Å². The molecule has 1 N–H and O–H groups in total. The van der Waals surface area contributed by atoms with Crippen LogP contribution in [0.15, 0.2) is 4.52 Å². The molecule has 1 amide bonds. The zero-order valence-corrected chi connectivity index (χ0v) is 10.4. The molecule has 0 aliphatic heterocycles. The molecule has 1 saturated carbocycles. The second-order valence-electron chi connectivity index (χ2n) is 4.80. The smallest absolute Gasteiger partial charge is 0.257 e. The van der Waals surface area contributed by atoms with Crippen molar-refractivity contribution in [1.82, 2.24) is 10.5 Å². The number of alkyl halides is 2. The summed E-state index contributed by atoms with van der Waals surface area (Å²) in [6, 6.07) is -0.189. The molecule has 18 heavy (non-hydrogen) atoms. The van der Waals surface area contributed by atoms with Crippen LogP contribution in [0.2, 0.25) is 0 Å². The summed E-state index contributed by atoms with van der Waals surface area (Å²) in [6.45, 7) is 3.34. The van der Waals surface area contributed by atoms with Crippen LogP contribution in [0.3, 0.4) is 0 Å². The normalized spacial score (nSPS) is 19.8. The average molecular weight is 258 g/mol. The van der Waals surface area contributed by atoms with E-state index in [1.807, 2.05) is 0 Å². The SMILES string of the molecule is Cc1noc(C)c1C(=O)NC1CCC(F)(F)CC1. The first kappa shape index (κ1) is 13.0. The number of carbonyl (C=O) groups is 1. The maximum Gasteiger partial charge on any atom is 0.257 e. The lowest BCUT2D eigenvalue weighted by molar-refractivity contribution is -0.0399. The summed E-state index contributed by atoms with van der Waals surface area (Å²) >= 11 is 0. The van der Waals surface area contributed by atoms with Crippen LogP contribution in [0.25, 0.3) is 0 Å². The highest BCUT2D eigenvalue weighted by molar-refractivity contribution is 5.96. The van der Waals surface area contributed by atoms with Crippen molar-refractivity contribution in [3.05, 3.63) is 17.0 Å². The summed E-state index contributed by atoms with van der Waals surface area (Å²) in [4.78, 5) is 12.0. The third kappa shape index (κ3) is 2.68. The van der Waals surface area contributed by atoms with E-state index in [9.17, 15) is 13.6 Å². The summed E-state index contributed by atoms with van der Waals surface area (Å²) in [5.74, 6) is -2.42. The van der Waals surface area contributed by atoms with E-state index in [1.54, 1.807) is 13.8 Å². The van der Waals surface area contributed by atoms with Crippen LogP contribution >= 0.6 is 0 Å². The van der Waals surface area contributed by atoms with E-state index < -0.39 is 5.92 Å². The minimum Gasteiger partial charge on any atom is -0.361 e. The molecule has 2 rings (SSSR count). The van der Waals surface area contributed by atoms with Crippen molar-refractivity contribution in [2.24, 2.45) is 0 Å². The molecule has 1 aliphatic rings. The fraction of sp³-hybridized carbons (Fsp3) is 0.667.